The summed E-state index contributed by atoms with van der Waals surface area (Å²) in [7, 11) is 0. The monoisotopic (exact) mass is 298 g/mol. The second kappa shape index (κ2) is 3.06. The minimum Gasteiger partial charge on any atom is -0.457 e. The zero-order valence-electron chi connectivity index (χ0n) is 7.45. The van der Waals surface area contributed by atoms with E-state index in [-0.39, 0.29) is 18.2 Å². The van der Waals surface area contributed by atoms with E-state index in [0.29, 0.717) is 0 Å². The summed E-state index contributed by atoms with van der Waals surface area (Å²) in [5.74, 6) is -0.948. The molecule has 0 radical (unpaired) electrons. The molecule has 3 atom stereocenters. The molecular formula is C8H11IO4. The van der Waals surface area contributed by atoms with Crippen molar-refractivity contribution >= 4 is 28.6 Å². The van der Waals surface area contributed by atoms with Crippen LogP contribution in [0.15, 0.2) is 0 Å². The van der Waals surface area contributed by atoms with Gasteiger partial charge in [0.1, 0.15) is 12.2 Å². The number of cyclic esters (lactones) is 1. The van der Waals surface area contributed by atoms with Gasteiger partial charge in [0.05, 0.1) is 0 Å². The summed E-state index contributed by atoms with van der Waals surface area (Å²) in [6.07, 6.45) is -0.894. The zero-order valence-corrected chi connectivity index (χ0v) is 9.61. The highest BCUT2D eigenvalue weighted by molar-refractivity contribution is 14.1. The molecule has 4 nitrogen and oxygen atoms in total. The first-order valence-corrected chi connectivity index (χ1v) is 5.68. The highest BCUT2D eigenvalue weighted by Gasteiger charge is 2.55. The Balaban J connectivity index is 2.17. The molecule has 2 heterocycles. The van der Waals surface area contributed by atoms with E-state index in [1.807, 2.05) is 13.8 Å². The Hall–Kier alpha value is 0.120. The first-order valence-electron chi connectivity index (χ1n) is 4.15. The van der Waals surface area contributed by atoms with Crippen LogP contribution in [0.5, 0.6) is 0 Å². The molecule has 0 bridgehead atoms. The van der Waals surface area contributed by atoms with Gasteiger partial charge in [-0.3, -0.25) is 0 Å². The van der Waals surface area contributed by atoms with Gasteiger partial charge in [-0.15, -0.1) is 0 Å². The summed E-state index contributed by atoms with van der Waals surface area (Å²) < 4.78 is 16.8. The average Bonchev–Trinajstić information content (AvgIpc) is 2.47. The average molecular weight is 298 g/mol. The van der Waals surface area contributed by atoms with Gasteiger partial charge < -0.3 is 14.2 Å². The van der Waals surface area contributed by atoms with Crippen molar-refractivity contribution in [2.45, 2.75) is 37.9 Å². The molecule has 2 rings (SSSR count). The van der Waals surface area contributed by atoms with Gasteiger partial charge in [-0.05, 0) is 13.8 Å². The van der Waals surface area contributed by atoms with Crippen LogP contribution in [0.1, 0.15) is 13.8 Å². The second-order valence-corrected chi connectivity index (χ2v) is 4.53. The third-order valence-electron chi connectivity index (χ3n) is 2.15. The molecule has 2 fully saturated rings. The van der Waals surface area contributed by atoms with Crippen LogP contribution in [-0.2, 0) is 19.0 Å². The summed E-state index contributed by atoms with van der Waals surface area (Å²) >= 11 is 2.17. The maximum atomic E-state index is 11.3. The van der Waals surface area contributed by atoms with Gasteiger partial charge in [0.25, 0.3) is 0 Å². The number of carbonyl (C=O) groups is 1. The van der Waals surface area contributed by atoms with Crippen LogP contribution in [0.2, 0.25) is 0 Å². The summed E-state index contributed by atoms with van der Waals surface area (Å²) in [6, 6.07) is 0. The zero-order chi connectivity index (χ0) is 9.64. The van der Waals surface area contributed by atoms with Crippen molar-refractivity contribution in [3.8, 4) is 0 Å². The van der Waals surface area contributed by atoms with Gasteiger partial charge >= 0.3 is 5.97 Å². The Morgan fingerprint density at radius 3 is 2.77 bits per heavy atom. The Kier molecular flexibility index (Phi) is 2.28. The standard InChI is InChI=1S/C8H11IO4/c1-8(2)12-5-4(3-9)11-7(10)6(5)13-8/h4-6H,3H2,1-2H3/t4-,5+,6+/m1/s1. The van der Waals surface area contributed by atoms with E-state index in [4.69, 9.17) is 14.2 Å². The van der Waals surface area contributed by atoms with E-state index in [9.17, 15) is 4.79 Å². The van der Waals surface area contributed by atoms with Gasteiger partial charge in [0, 0.05) is 4.43 Å². The van der Waals surface area contributed by atoms with E-state index in [1.165, 1.54) is 0 Å². The molecule has 0 aromatic carbocycles. The predicted molar refractivity (Wildman–Crippen MR) is 52.6 cm³/mol. The largest absolute Gasteiger partial charge is 0.457 e. The van der Waals surface area contributed by atoms with Crippen molar-refractivity contribution in [3.63, 3.8) is 0 Å². The van der Waals surface area contributed by atoms with Crippen LogP contribution >= 0.6 is 22.6 Å². The highest BCUT2D eigenvalue weighted by Crippen LogP contribution is 2.36. The molecule has 2 saturated heterocycles. The minimum atomic E-state index is -0.654. The Morgan fingerprint density at radius 2 is 2.15 bits per heavy atom. The first kappa shape index (κ1) is 9.67. The van der Waals surface area contributed by atoms with Gasteiger partial charge in [0.2, 0.25) is 0 Å². The molecule has 0 unspecified atom stereocenters. The number of esters is 1. The lowest BCUT2D eigenvalue weighted by molar-refractivity contribution is -0.184. The van der Waals surface area contributed by atoms with Crippen LogP contribution in [-0.4, -0.2) is 34.5 Å². The topological polar surface area (TPSA) is 44.8 Å². The van der Waals surface area contributed by atoms with Gasteiger partial charge in [-0.25, -0.2) is 4.79 Å². The smallest absolute Gasteiger partial charge is 0.338 e. The van der Waals surface area contributed by atoms with E-state index >= 15 is 0 Å². The SMILES string of the molecule is CC1(C)O[C@@H]2[C@H](O1)C(=O)O[C@@H]2CI. The van der Waals surface area contributed by atoms with E-state index in [2.05, 4.69) is 22.6 Å². The first-order chi connectivity index (χ1) is 6.03. The second-order valence-electron chi connectivity index (χ2n) is 3.65. The van der Waals surface area contributed by atoms with Crippen LogP contribution < -0.4 is 0 Å². The van der Waals surface area contributed by atoms with Crippen molar-refractivity contribution in [2.24, 2.45) is 0 Å². The normalized spacial score (nSPS) is 41.8. The van der Waals surface area contributed by atoms with Crippen molar-refractivity contribution < 1.29 is 19.0 Å². The number of ether oxygens (including phenoxy) is 3. The highest BCUT2D eigenvalue weighted by atomic mass is 127. The fourth-order valence-electron chi connectivity index (χ4n) is 1.65. The van der Waals surface area contributed by atoms with Crippen LogP contribution in [0.3, 0.4) is 0 Å². The minimum absolute atomic E-state index is 0.153. The fourth-order valence-corrected chi connectivity index (χ4v) is 2.33. The molecule has 2 aliphatic rings. The fraction of sp³-hybridized carbons (Fsp3) is 0.875. The molecule has 0 spiro atoms. The predicted octanol–water partition coefficient (Wildman–Crippen LogP) is 0.867. The third kappa shape index (κ3) is 1.57. The number of rotatable bonds is 1. The van der Waals surface area contributed by atoms with Crippen LogP contribution in [0, 0.1) is 0 Å². The number of hydrogen-bond donors (Lipinski definition) is 0. The van der Waals surface area contributed by atoms with Gasteiger partial charge in [-0.1, -0.05) is 22.6 Å². The molecule has 13 heavy (non-hydrogen) atoms. The van der Waals surface area contributed by atoms with E-state index < -0.39 is 11.9 Å². The molecule has 5 heteroatoms. The molecule has 74 valence electrons. The Labute approximate surface area is 90.0 Å². The lowest BCUT2D eigenvalue weighted by Crippen LogP contribution is -2.30. The lowest BCUT2D eigenvalue weighted by Gasteiger charge is -2.20. The van der Waals surface area contributed by atoms with Crippen molar-refractivity contribution in [1.29, 1.82) is 0 Å². The molecule has 0 aromatic rings. The number of halogens is 1. The Bertz CT molecular complexity index is 240. The molecule has 0 saturated carbocycles. The lowest BCUT2D eigenvalue weighted by atomic mass is 10.2. The van der Waals surface area contributed by atoms with Gasteiger partial charge in [-0.2, -0.15) is 0 Å². The molecular weight excluding hydrogens is 287 g/mol. The molecule has 2 aliphatic heterocycles. The third-order valence-corrected chi connectivity index (χ3v) is 3.02. The van der Waals surface area contributed by atoms with Crippen molar-refractivity contribution in [1.82, 2.24) is 0 Å². The number of carbonyl (C=O) groups excluding carboxylic acids is 1. The summed E-state index contributed by atoms with van der Waals surface area (Å²) in [5.41, 5.74) is 0. The van der Waals surface area contributed by atoms with Crippen LogP contribution in [0.4, 0.5) is 0 Å². The number of hydrogen-bond acceptors (Lipinski definition) is 4. The maximum Gasteiger partial charge on any atom is 0.338 e. The number of alkyl halides is 1. The van der Waals surface area contributed by atoms with Crippen molar-refractivity contribution in [3.05, 3.63) is 0 Å². The summed E-state index contributed by atoms with van der Waals surface area (Å²) in [5, 5.41) is 0. The van der Waals surface area contributed by atoms with E-state index in [1.54, 1.807) is 0 Å². The van der Waals surface area contributed by atoms with E-state index in [0.717, 1.165) is 4.43 Å². The molecule has 0 aliphatic carbocycles. The van der Waals surface area contributed by atoms with Gasteiger partial charge in [0.15, 0.2) is 11.9 Å². The van der Waals surface area contributed by atoms with Crippen molar-refractivity contribution in [2.75, 3.05) is 4.43 Å². The molecule has 0 amide bonds. The summed E-state index contributed by atoms with van der Waals surface area (Å²) in [4.78, 5) is 11.3. The summed E-state index contributed by atoms with van der Waals surface area (Å²) in [6.45, 7) is 3.62. The number of fused-ring (bicyclic) bond motifs is 1. The Morgan fingerprint density at radius 1 is 1.46 bits per heavy atom. The quantitative estimate of drug-likeness (QED) is 0.409. The molecule has 0 N–H and O–H groups in total. The maximum absolute atomic E-state index is 11.3. The molecule has 0 aromatic heterocycles. The van der Waals surface area contributed by atoms with Crippen LogP contribution in [0.25, 0.3) is 0 Å².